The maximum atomic E-state index is 12.0. The topological polar surface area (TPSA) is 49.4 Å². The van der Waals surface area contributed by atoms with E-state index in [2.05, 4.69) is 0 Å². The van der Waals surface area contributed by atoms with E-state index in [0.717, 1.165) is 25.4 Å². The molecule has 3 aliphatic rings. The van der Waals surface area contributed by atoms with Crippen molar-refractivity contribution >= 4 is 19.4 Å². The van der Waals surface area contributed by atoms with Gasteiger partial charge in [-0.15, -0.1) is 0 Å². The molecule has 1 unspecified atom stereocenters. The van der Waals surface area contributed by atoms with Crippen molar-refractivity contribution in [2.45, 2.75) is 12.2 Å². The second-order valence-electron chi connectivity index (χ2n) is 4.08. The number of nitrogens with zero attached hydrogens (tertiary/aromatic N) is 1. The van der Waals surface area contributed by atoms with E-state index in [1.54, 1.807) is 5.32 Å². The summed E-state index contributed by atoms with van der Waals surface area (Å²) in [6.07, 6.45) is -3.19. The first-order chi connectivity index (χ1) is 7.89. The average molecular weight is 268 g/mol. The van der Waals surface area contributed by atoms with Crippen LogP contribution in [-0.4, -0.2) is 60.5 Å². The number of rotatable bonds is 2. The van der Waals surface area contributed by atoms with Gasteiger partial charge in [0.25, 0.3) is 0 Å². The van der Waals surface area contributed by atoms with Crippen LogP contribution in [0.2, 0.25) is 0 Å². The van der Waals surface area contributed by atoms with Crippen LogP contribution >= 0.6 is 7.92 Å². The lowest BCUT2D eigenvalue weighted by molar-refractivity contribution is -0.173. The van der Waals surface area contributed by atoms with Crippen LogP contribution in [0.4, 0.5) is 13.2 Å². The lowest BCUT2D eigenvalue weighted by Gasteiger charge is -2.44. The van der Waals surface area contributed by atoms with Crippen LogP contribution in [0, 0.1) is 0 Å². The molecule has 0 aromatic rings. The van der Waals surface area contributed by atoms with Crippen molar-refractivity contribution in [2.24, 2.45) is 0 Å². The number of carbonyl (C=O) groups is 2. The van der Waals surface area contributed by atoms with Gasteiger partial charge < -0.3 is 5.32 Å². The van der Waals surface area contributed by atoms with Gasteiger partial charge in [0.05, 0.1) is 6.04 Å². The second kappa shape index (κ2) is 4.53. The number of nitrogens with one attached hydrogen (secondary N) is 1. The van der Waals surface area contributed by atoms with E-state index in [1.807, 2.05) is 4.90 Å². The van der Waals surface area contributed by atoms with E-state index in [-0.39, 0.29) is 12.1 Å². The van der Waals surface area contributed by atoms with Crippen molar-refractivity contribution < 1.29 is 22.8 Å². The molecular formula is C9H12F3N2O2P. The first-order valence-corrected chi connectivity index (χ1v) is 6.98. The van der Waals surface area contributed by atoms with Gasteiger partial charge in [0, 0.05) is 19.6 Å². The van der Waals surface area contributed by atoms with Gasteiger partial charge >= 0.3 is 12.1 Å². The number of halogens is 3. The van der Waals surface area contributed by atoms with Gasteiger partial charge in [-0.25, -0.2) is 0 Å². The zero-order valence-corrected chi connectivity index (χ0v) is 9.85. The maximum absolute atomic E-state index is 12.0. The number of hydrogen-bond acceptors (Lipinski definition) is 3. The highest BCUT2D eigenvalue weighted by molar-refractivity contribution is 7.75. The van der Waals surface area contributed by atoms with E-state index >= 15 is 0 Å². The van der Waals surface area contributed by atoms with Crippen LogP contribution in [0.25, 0.3) is 0 Å². The minimum Gasteiger partial charge on any atom is -0.346 e. The van der Waals surface area contributed by atoms with Crippen LogP contribution < -0.4 is 5.32 Å². The molecule has 0 aromatic carbocycles. The number of alkyl halides is 3. The minimum atomic E-state index is -4.88. The molecule has 0 radical (unpaired) electrons. The molecule has 3 fully saturated rings. The highest BCUT2D eigenvalue weighted by atomic mass is 31.1. The molecule has 1 N–H and O–H groups in total. The fourth-order valence-electron chi connectivity index (χ4n) is 2.13. The van der Waals surface area contributed by atoms with E-state index in [1.165, 1.54) is 0 Å². The highest BCUT2D eigenvalue weighted by Crippen LogP contribution is 2.45. The van der Waals surface area contributed by atoms with Gasteiger partial charge in [-0.05, 0) is 20.2 Å². The summed E-state index contributed by atoms with van der Waals surface area (Å²) < 4.78 is 35.9. The zero-order valence-electron chi connectivity index (χ0n) is 8.96. The Bertz CT molecular complexity index is 340. The Morgan fingerprint density at radius 2 is 2.00 bits per heavy atom. The summed E-state index contributed by atoms with van der Waals surface area (Å²) in [6, 6.07) is -0.546. The third kappa shape index (κ3) is 2.60. The van der Waals surface area contributed by atoms with Crippen LogP contribution in [0.15, 0.2) is 0 Å². The second-order valence-corrected chi connectivity index (χ2v) is 6.50. The van der Waals surface area contributed by atoms with Crippen molar-refractivity contribution in [3.8, 4) is 0 Å². The predicted octanol–water partition coefficient (Wildman–Crippen LogP) is 0.371. The summed E-state index contributed by atoms with van der Waals surface area (Å²) in [7, 11) is -0.676. The summed E-state index contributed by atoms with van der Waals surface area (Å²) in [5.74, 6) is -1.97. The molecule has 3 heterocycles. The lowest BCUT2D eigenvalue weighted by atomic mass is 10.2. The summed E-state index contributed by atoms with van der Waals surface area (Å²) >= 11 is 0. The molecule has 3 saturated heterocycles. The van der Waals surface area contributed by atoms with Gasteiger partial charge in [-0.3, -0.25) is 14.5 Å². The SMILES string of the molecule is O=C1C(CNC(=O)C(F)(F)F)N2CCP1CC2. The molecule has 0 aromatic heterocycles. The molecule has 3 aliphatic heterocycles. The Morgan fingerprint density at radius 1 is 1.41 bits per heavy atom. The smallest absolute Gasteiger partial charge is 0.346 e. The molecule has 4 nitrogen and oxygen atoms in total. The Morgan fingerprint density at radius 3 is 2.47 bits per heavy atom. The largest absolute Gasteiger partial charge is 0.471 e. The summed E-state index contributed by atoms with van der Waals surface area (Å²) in [5.41, 5.74) is 0.0278. The van der Waals surface area contributed by atoms with Gasteiger partial charge in [0.15, 0.2) is 5.52 Å². The molecule has 1 atom stereocenters. The van der Waals surface area contributed by atoms with E-state index in [4.69, 9.17) is 0 Å². The first-order valence-electron chi connectivity index (χ1n) is 5.27. The van der Waals surface area contributed by atoms with Gasteiger partial charge in [0.1, 0.15) is 0 Å². The zero-order chi connectivity index (χ0) is 12.6. The molecular weight excluding hydrogens is 256 g/mol. The molecule has 3 rings (SSSR count). The van der Waals surface area contributed by atoms with Crippen LogP contribution in [-0.2, 0) is 9.59 Å². The summed E-state index contributed by atoms with van der Waals surface area (Å²) in [4.78, 5) is 24.3. The predicted molar refractivity (Wildman–Crippen MR) is 56.1 cm³/mol. The minimum absolute atomic E-state index is 0.0278. The Labute approximate surface area is 97.3 Å². The molecule has 17 heavy (non-hydrogen) atoms. The van der Waals surface area contributed by atoms with Crippen molar-refractivity contribution in [3.05, 3.63) is 0 Å². The normalized spacial score (nSPS) is 32.6. The van der Waals surface area contributed by atoms with Gasteiger partial charge in [0.2, 0.25) is 0 Å². The lowest BCUT2D eigenvalue weighted by Crippen LogP contribution is -2.57. The average Bonchev–Trinajstić information content (AvgIpc) is 2.27. The van der Waals surface area contributed by atoms with E-state index in [9.17, 15) is 22.8 Å². The standard InChI is InChI=1S/C9H12F3N2O2P/c10-9(11,12)8(16)13-5-6-7(15)17-3-1-14(6)2-4-17/h6H,1-5H2,(H,13,16). The maximum Gasteiger partial charge on any atom is 0.471 e. The number of fused-ring (bicyclic) bond motifs is 3. The quantitative estimate of drug-likeness (QED) is 0.736. The molecule has 1 amide bonds. The fraction of sp³-hybridized carbons (Fsp3) is 0.778. The number of carbonyl (C=O) groups excluding carboxylic acids is 2. The number of amides is 1. The van der Waals surface area contributed by atoms with Crippen LogP contribution in [0.1, 0.15) is 0 Å². The van der Waals surface area contributed by atoms with Crippen LogP contribution in [0.3, 0.4) is 0 Å². The third-order valence-electron chi connectivity index (χ3n) is 3.07. The monoisotopic (exact) mass is 268 g/mol. The van der Waals surface area contributed by atoms with Crippen molar-refractivity contribution in [1.82, 2.24) is 10.2 Å². The molecule has 0 saturated carbocycles. The van der Waals surface area contributed by atoms with Crippen molar-refractivity contribution in [1.29, 1.82) is 0 Å². The molecule has 0 spiro atoms. The summed E-state index contributed by atoms with van der Waals surface area (Å²) in [5, 5.41) is 1.79. The molecule has 96 valence electrons. The Kier molecular flexibility index (Phi) is 3.41. The van der Waals surface area contributed by atoms with Crippen molar-refractivity contribution in [2.75, 3.05) is 32.0 Å². The van der Waals surface area contributed by atoms with E-state index in [0.29, 0.717) is 0 Å². The highest BCUT2D eigenvalue weighted by Gasteiger charge is 2.43. The van der Waals surface area contributed by atoms with Gasteiger partial charge in [-0.1, -0.05) is 0 Å². The van der Waals surface area contributed by atoms with Crippen molar-refractivity contribution in [3.63, 3.8) is 0 Å². The van der Waals surface area contributed by atoms with E-state index < -0.39 is 26.0 Å². The molecule has 0 aliphatic carbocycles. The van der Waals surface area contributed by atoms with Crippen LogP contribution in [0.5, 0.6) is 0 Å². The molecule has 8 heteroatoms. The Balaban J connectivity index is 1.91. The third-order valence-corrected chi connectivity index (χ3v) is 5.47. The first kappa shape index (κ1) is 12.8. The fourth-order valence-corrected chi connectivity index (χ4v) is 4.46. The molecule has 2 bridgehead atoms. The Hall–Kier alpha value is -0.680. The summed E-state index contributed by atoms with van der Waals surface area (Å²) in [6.45, 7) is 1.28. The number of hydrogen-bond donors (Lipinski definition) is 1. The van der Waals surface area contributed by atoms with Gasteiger partial charge in [-0.2, -0.15) is 13.2 Å².